The minimum atomic E-state index is -0.161. The van der Waals surface area contributed by atoms with Gasteiger partial charge in [-0.1, -0.05) is 23.2 Å². The van der Waals surface area contributed by atoms with E-state index in [1.165, 1.54) is 0 Å². The summed E-state index contributed by atoms with van der Waals surface area (Å²) in [5.74, 6) is 0.877. The second kappa shape index (κ2) is 6.31. The second-order valence-corrected chi connectivity index (χ2v) is 5.72. The van der Waals surface area contributed by atoms with Crippen molar-refractivity contribution in [1.29, 1.82) is 0 Å². The van der Waals surface area contributed by atoms with Crippen molar-refractivity contribution in [1.82, 2.24) is 0 Å². The van der Waals surface area contributed by atoms with Crippen LogP contribution in [0, 0.1) is 5.92 Å². The smallest absolute Gasteiger partial charge is 0.139 e. The van der Waals surface area contributed by atoms with Crippen LogP contribution in [0.1, 0.15) is 31.9 Å². The average molecular weight is 304 g/mol. The third-order valence-electron chi connectivity index (χ3n) is 3.45. The number of rotatable bonds is 4. The van der Waals surface area contributed by atoms with E-state index >= 15 is 0 Å². The van der Waals surface area contributed by atoms with Gasteiger partial charge in [0.15, 0.2) is 0 Å². The van der Waals surface area contributed by atoms with Gasteiger partial charge in [0.1, 0.15) is 5.75 Å². The molecule has 1 aliphatic heterocycles. The second-order valence-electron chi connectivity index (χ2n) is 4.90. The van der Waals surface area contributed by atoms with Gasteiger partial charge in [-0.25, -0.2) is 0 Å². The molecule has 3 atom stereocenters. The zero-order chi connectivity index (χ0) is 14.0. The van der Waals surface area contributed by atoms with Crippen molar-refractivity contribution in [2.45, 2.75) is 32.4 Å². The highest BCUT2D eigenvalue weighted by Gasteiger charge is 2.29. The van der Waals surface area contributed by atoms with Gasteiger partial charge in [-0.15, -0.1) is 0 Å². The van der Waals surface area contributed by atoms with Gasteiger partial charge in [0, 0.05) is 23.0 Å². The van der Waals surface area contributed by atoms with Gasteiger partial charge < -0.3 is 15.2 Å². The Hall–Kier alpha value is -0.480. The molecule has 0 aromatic heterocycles. The zero-order valence-corrected chi connectivity index (χ0v) is 12.7. The molecular weight excluding hydrogens is 285 g/mol. The number of nitrogens with two attached hydrogens (primary N) is 1. The van der Waals surface area contributed by atoms with Gasteiger partial charge in [-0.3, -0.25) is 0 Å². The van der Waals surface area contributed by atoms with Gasteiger partial charge in [0.2, 0.25) is 0 Å². The standard InChI is InChI=1S/C14H19Cl2NO2/c1-3-18-13-6-11(15)10(5-12(13)16)14(17)9-4-8(2)19-7-9/h5-6,8-9,14H,3-4,7,17H2,1-2H3. The first-order valence-corrected chi connectivity index (χ1v) is 7.27. The van der Waals surface area contributed by atoms with Crippen LogP contribution in [0.25, 0.3) is 0 Å². The lowest BCUT2D eigenvalue weighted by atomic mass is 9.92. The van der Waals surface area contributed by atoms with Crippen LogP contribution in [0.2, 0.25) is 10.0 Å². The number of benzene rings is 1. The highest BCUT2D eigenvalue weighted by Crippen LogP contribution is 2.38. The van der Waals surface area contributed by atoms with Crippen LogP contribution >= 0.6 is 23.2 Å². The van der Waals surface area contributed by atoms with E-state index in [1.807, 2.05) is 13.0 Å². The van der Waals surface area contributed by atoms with E-state index in [9.17, 15) is 0 Å². The molecule has 106 valence electrons. The molecule has 5 heteroatoms. The molecule has 1 fully saturated rings. The summed E-state index contributed by atoms with van der Waals surface area (Å²) >= 11 is 12.5. The number of ether oxygens (including phenoxy) is 2. The third kappa shape index (κ3) is 3.34. The van der Waals surface area contributed by atoms with E-state index in [0.717, 1.165) is 12.0 Å². The van der Waals surface area contributed by atoms with Gasteiger partial charge in [0.05, 0.1) is 24.3 Å². The number of halogens is 2. The topological polar surface area (TPSA) is 44.5 Å². The first-order valence-electron chi connectivity index (χ1n) is 6.51. The monoisotopic (exact) mass is 303 g/mol. The Kier molecular flexibility index (Phi) is 4.96. The van der Waals surface area contributed by atoms with Crippen molar-refractivity contribution < 1.29 is 9.47 Å². The van der Waals surface area contributed by atoms with Crippen molar-refractivity contribution in [3.8, 4) is 5.75 Å². The molecule has 2 rings (SSSR count). The normalized spacial score (nSPS) is 24.5. The Morgan fingerprint density at radius 3 is 2.74 bits per heavy atom. The van der Waals surface area contributed by atoms with Crippen molar-refractivity contribution in [2.24, 2.45) is 11.7 Å². The maximum Gasteiger partial charge on any atom is 0.139 e. The molecular formula is C14H19Cl2NO2. The molecule has 0 amide bonds. The summed E-state index contributed by atoms with van der Waals surface area (Å²) in [6, 6.07) is 3.38. The SMILES string of the molecule is CCOc1cc(Cl)c(C(N)C2COC(C)C2)cc1Cl. The highest BCUT2D eigenvalue weighted by molar-refractivity contribution is 6.34. The maximum atomic E-state index is 6.29. The average Bonchev–Trinajstić information content (AvgIpc) is 2.79. The predicted molar refractivity (Wildman–Crippen MR) is 78.1 cm³/mol. The molecule has 0 bridgehead atoms. The molecule has 3 nitrogen and oxygen atoms in total. The zero-order valence-electron chi connectivity index (χ0n) is 11.2. The molecule has 1 saturated heterocycles. The highest BCUT2D eigenvalue weighted by atomic mass is 35.5. The molecule has 1 aromatic rings. The lowest BCUT2D eigenvalue weighted by Crippen LogP contribution is -2.22. The van der Waals surface area contributed by atoms with E-state index in [1.54, 1.807) is 6.07 Å². The summed E-state index contributed by atoms with van der Waals surface area (Å²) in [6.45, 7) is 5.18. The van der Waals surface area contributed by atoms with Crippen LogP contribution in [0.5, 0.6) is 5.75 Å². The molecule has 1 heterocycles. The van der Waals surface area contributed by atoms with Crippen molar-refractivity contribution in [3.63, 3.8) is 0 Å². The van der Waals surface area contributed by atoms with E-state index in [4.69, 9.17) is 38.4 Å². The van der Waals surface area contributed by atoms with Crippen LogP contribution in [0.15, 0.2) is 12.1 Å². The number of hydrogen-bond acceptors (Lipinski definition) is 3. The van der Waals surface area contributed by atoms with Crippen molar-refractivity contribution in [3.05, 3.63) is 27.7 Å². The summed E-state index contributed by atoms with van der Waals surface area (Å²) < 4.78 is 11.0. The molecule has 1 aromatic carbocycles. The quantitative estimate of drug-likeness (QED) is 0.919. The number of hydrogen-bond donors (Lipinski definition) is 1. The summed E-state index contributed by atoms with van der Waals surface area (Å²) in [5, 5.41) is 1.14. The van der Waals surface area contributed by atoms with Gasteiger partial charge >= 0.3 is 0 Å². The summed E-state index contributed by atoms with van der Waals surface area (Å²) in [6.07, 6.45) is 1.20. The fraction of sp³-hybridized carbons (Fsp3) is 0.571. The fourth-order valence-corrected chi connectivity index (χ4v) is 2.93. The van der Waals surface area contributed by atoms with Gasteiger partial charge in [-0.2, -0.15) is 0 Å². The lowest BCUT2D eigenvalue weighted by Gasteiger charge is -2.20. The Morgan fingerprint density at radius 1 is 1.42 bits per heavy atom. The Labute approximate surface area is 124 Å². The molecule has 3 unspecified atom stereocenters. The summed E-state index contributed by atoms with van der Waals surface area (Å²) in [5.41, 5.74) is 7.15. The molecule has 2 N–H and O–H groups in total. The fourth-order valence-electron chi connectivity index (χ4n) is 2.42. The van der Waals surface area contributed by atoms with Crippen LogP contribution < -0.4 is 10.5 Å². The predicted octanol–water partition coefficient (Wildman–Crippen LogP) is 3.82. The molecule has 19 heavy (non-hydrogen) atoms. The molecule has 0 radical (unpaired) electrons. The summed E-state index contributed by atoms with van der Waals surface area (Å²) in [7, 11) is 0. The molecule has 0 saturated carbocycles. The first-order chi connectivity index (χ1) is 9.02. The molecule has 0 spiro atoms. The summed E-state index contributed by atoms with van der Waals surface area (Å²) in [4.78, 5) is 0. The van der Waals surface area contributed by atoms with E-state index in [0.29, 0.717) is 29.0 Å². The largest absolute Gasteiger partial charge is 0.492 e. The van der Waals surface area contributed by atoms with Crippen LogP contribution in [0.3, 0.4) is 0 Å². The van der Waals surface area contributed by atoms with Crippen LogP contribution in [-0.2, 0) is 4.74 Å². The Morgan fingerprint density at radius 2 is 2.16 bits per heavy atom. The van der Waals surface area contributed by atoms with Gasteiger partial charge in [-0.05, 0) is 31.9 Å². The van der Waals surface area contributed by atoms with Crippen LogP contribution in [-0.4, -0.2) is 19.3 Å². The van der Waals surface area contributed by atoms with E-state index < -0.39 is 0 Å². The molecule has 1 aliphatic rings. The Balaban J connectivity index is 2.22. The van der Waals surface area contributed by atoms with Crippen LogP contribution in [0.4, 0.5) is 0 Å². The Bertz CT molecular complexity index is 453. The minimum Gasteiger partial charge on any atom is -0.492 e. The first kappa shape index (κ1) is 14.9. The lowest BCUT2D eigenvalue weighted by molar-refractivity contribution is 0.118. The molecule has 0 aliphatic carbocycles. The van der Waals surface area contributed by atoms with Gasteiger partial charge in [0.25, 0.3) is 0 Å². The van der Waals surface area contributed by atoms with E-state index in [-0.39, 0.29) is 18.1 Å². The van der Waals surface area contributed by atoms with Crippen molar-refractivity contribution >= 4 is 23.2 Å². The third-order valence-corrected chi connectivity index (χ3v) is 4.07. The maximum absolute atomic E-state index is 6.29. The minimum absolute atomic E-state index is 0.161. The van der Waals surface area contributed by atoms with Crippen molar-refractivity contribution in [2.75, 3.05) is 13.2 Å². The van der Waals surface area contributed by atoms with E-state index in [2.05, 4.69) is 6.92 Å².